The second-order valence-electron chi connectivity index (χ2n) is 4.71. The Morgan fingerprint density at radius 2 is 2.16 bits per heavy atom. The quantitative estimate of drug-likeness (QED) is 0.563. The molecular formula is C12H20N2O5. The molecule has 0 aromatic rings. The summed E-state index contributed by atoms with van der Waals surface area (Å²) in [7, 11) is 1.24. The third-order valence-electron chi connectivity index (χ3n) is 3.29. The van der Waals surface area contributed by atoms with E-state index in [0.29, 0.717) is 0 Å². The van der Waals surface area contributed by atoms with Crippen molar-refractivity contribution in [1.29, 1.82) is 0 Å². The van der Waals surface area contributed by atoms with E-state index in [9.17, 15) is 14.4 Å². The Labute approximate surface area is 111 Å². The van der Waals surface area contributed by atoms with Gasteiger partial charge in [-0.05, 0) is 25.3 Å². The van der Waals surface area contributed by atoms with Crippen LogP contribution in [-0.4, -0.2) is 48.7 Å². The zero-order valence-electron chi connectivity index (χ0n) is 11.1. The number of carboxylic acids is 1. The monoisotopic (exact) mass is 272 g/mol. The van der Waals surface area contributed by atoms with Crippen molar-refractivity contribution >= 4 is 17.8 Å². The molecule has 0 bridgehead atoms. The van der Waals surface area contributed by atoms with Gasteiger partial charge in [0.05, 0.1) is 13.2 Å². The number of methoxy groups -OCH3 is 1. The van der Waals surface area contributed by atoms with E-state index in [2.05, 4.69) is 15.4 Å². The van der Waals surface area contributed by atoms with Crippen LogP contribution in [-0.2, 0) is 19.1 Å². The van der Waals surface area contributed by atoms with Gasteiger partial charge >= 0.3 is 11.9 Å². The molecule has 19 heavy (non-hydrogen) atoms. The first kappa shape index (κ1) is 15.4. The fraction of sp³-hybridized carbons (Fsp3) is 0.750. The van der Waals surface area contributed by atoms with E-state index in [1.165, 1.54) is 7.11 Å². The Hall–Kier alpha value is -1.63. The van der Waals surface area contributed by atoms with E-state index in [0.717, 1.165) is 13.0 Å². The normalized spacial score (nSPS) is 23.7. The van der Waals surface area contributed by atoms with Crippen molar-refractivity contribution in [2.75, 3.05) is 13.7 Å². The first-order valence-corrected chi connectivity index (χ1v) is 6.29. The second kappa shape index (κ2) is 7.08. The van der Waals surface area contributed by atoms with Crippen LogP contribution >= 0.6 is 0 Å². The highest BCUT2D eigenvalue weighted by Crippen LogP contribution is 2.14. The van der Waals surface area contributed by atoms with Gasteiger partial charge in [0.2, 0.25) is 5.91 Å². The fourth-order valence-electron chi connectivity index (χ4n) is 2.07. The molecule has 0 saturated carbocycles. The Bertz CT molecular complexity index is 358. The summed E-state index contributed by atoms with van der Waals surface area (Å²) in [6.07, 6.45) is 0.869. The molecule has 7 nitrogen and oxygen atoms in total. The molecule has 1 saturated heterocycles. The summed E-state index contributed by atoms with van der Waals surface area (Å²) in [6.45, 7) is 2.69. The van der Waals surface area contributed by atoms with Crippen LogP contribution in [0.25, 0.3) is 0 Å². The van der Waals surface area contributed by atoms with E-state index >= 15 is 0 Å². The van der Waals surface area contributed by atoms with Gasteiger partial charge in [-0.25, -0.2) is 4.79 Å². The van der Waals surface area contributed by atoms with Crippen LogP contribution < -0.4 is 10.6 Å². The van der Waals surface area contributed by atoms with Gasteiger partial charge < -0.3 is 20.5 Å². The van der Waals surface area contributed by atoms with Crippen molar-refractivity contribution in [3.8, 4) is 0 Å². The number of rotatable bonds is 6. The number of carbonyl (C=O) groups excluding carboxylic acids is 2. The SMILES string of the molecule is COC(=O)CC[C@@H](NC(=O)C1NCCC1C)C(=O)O. The lowest BCUT2D eigenvalue weighted by Gasteiger charge is -2.19. The minimum absolute atomic E-state index is 0.0227. The summed E-state index contributed by atoms with van der Waals surface area (Å²) in [5, 5.41) is 14.5. The Morgan fingerprint density at radius 3 is 2.63 bits per heavy atom. The van der Waals surface area contributed by atoms with Gasteiger partial charge in [-0.1, -0.05) is 6.92 Å². The predicted octanol–water partition coefficient (Wildman–Crippen LogP) is -0.493. The van der Waals surface area contributed by atoms with E-state index < -0.39 is 18.0 Å². The number of carboxylic acid groups (broad SMARTS) is 1. The third-order valence-corrected chi connectivity index (χ3v) is 3.29. The summed E-state index contributed by atoms with van der Waals surface area (Å²) in [6, 6.07) is -1.43. The van der Waals surface area contributed by atoms with Crippen molar-refractivity contribution in [3.63, 3.8) is 0 Å². The molecule has 0 aromatic carbocycles. The number of ether oxygens (including phenoxy) is 1. The zero-order valence-corrected chi connectivity index (χ0v) is 11.1. The van der Waals surface area contributed by atoms with Crippen LogP contribution in [0.3, 0.4) is 0 Å². The number of nitrogens with one attached hydrogen (secondary N) is 2. The van der Waals surface area contributed by atoms with Crippen LogP contribution in [0.2, 0.25) is 0 Å². The summed E-state index contributed by atoms with van der Waals surface area (Å²) >= 11 is 0. The maximum Gasteiger partial charge on any atom is 0.326 e. The maximum atomic E-state index is 11.9. The number of hydrogen-bond donors (Lipinski definition) is 3. The van der Waals surface area contributed by atoms with Crippen LogP contribution in [0.5, 0.6) is 0 Å². The van der Waals surface area contributed by atoms with Crippen LogP contribution in [0.1, 0.15) is 26.2 Å². The molecule has 0 aromatic heterocycles. The molecule has 0 aliphatic carbocycles. The maximum absolute atomic E-state index is 11.9. The van der Waals surface area contributed by atoms with Crippen molar-refractivity contribution in [1.82, 2.24) is 10.6 Å². The number of esters is 1. The van der Waals surface area contributed by atoms with Crippen LogP contribution in [0.4, 0.5) is 0 Å². The van der Waals surface area contributed by atoms with Gasteiger partial charge in [0.1, 0.15) is 6.04 Å². The van der Waals surface area contributed by atoms with Gasteiger partial charge in [0.25, 0.3) is 0 Å². The molecule has 1 aliphatic rings. The van der Waals surface area contributed by atoms with Crippen LogP contribution in [0, 0.1) is 5.92 Å². The highest BCUT2D eigenvalue weighted by Gasteiger charge is 2.32. The minimum Gasteiger partial charge on any atom is -0.480 e. The molecular weight excluding hydrogens is 252 g/mol. The molecule has 7 heteroatoms. The lowest BCUT2D eigenvalue weighted by molar-refractivity contribution is -0.144. The van der Waals surface area contributed by atoms with E-state index in [1.807, 2.05) is 6.92 Å². The van der Waals surface area contributed by atoms with Crippen molar-refractivity contribution in [2.45, 2.75) is 38.3 Å². The summed E-state index contributed by atoms with van der Waals surface area (Å²) < 4.78 is 4.45. The molecule has 3 N–H and O–H groups in total. The minimum atomic E-state index is -1.15. The summed E-state index contributed by atoms with van der Waals surface area (Å²) in [5.74, 6) is -1.80. The molecule has 1 aliphatic heterocycles. The third kappa shape index (κ3) is 4.51. The molecule has 108 valence electrons. The van der Waals surface area contributed by atoms with Gasteiger partial charge in [-0.3, -0.25) is 9.59 Å². The first-order chi connectivity index (χ1) is 8.95. The predicted molar refractivity (Wildman–Crippen MR) is 66.4 cm³/mol. The lowest BCUT2D eigenvalue weighted by atomic mass is 10.0. The standard InChI is InChI=1S/C12H20N2O5/c1-7-5-6-13-10(7)11(16)14-8(12(17)18)3-4-9(15)19-2/h7-8,10,13H,3-6H2,1-2H3,(H,14,16)(H,17,18)/t7?,8-,10?/m1/s1. The molecule has 1 amide bonds. The summed E-state index contributed by atoms with van der Waals surface area (Å²) in [4.78, 5) is 34.0. The van der Waals surface area contributed by atoms with Gasteiger partial charge in [0, 0.05) is 6.42 Å². The lowest BCUT2D eigenvalue weighted by Crippen LogP contribution is -2.50. The van der Waals surface area contributed by atoms with Gasteiger partial charge in [-0.15, -0.1) is 0 Å². The second-order valence-corrected chi connectivity index (χ2v) is 4.71. The number of carbonyl (C=O) groups is 3. The molecule has 0 radical (unpaired) electrons. The highest BCUT2D eigenvalue weighted by atomic mass is 16.5. The molecule has 3 atom stereocenters. The Morgan fingerprint density at radius 1 is 1.47 bits per heavy atom. The Kier molecular flexibility index (Phi) is 5.75. The van der Waals surface area contributed by atoms with E-state index in [4.69, 9.17) is 5.11 Å². The molecule has 1 heterocycles. The van der Waals surface area contributed by atoms with Crippen molar-refractivity contribution in [3.05, 3.63) is 0 Å². The van der Waals surface area contributed by atoms with Crippen molar-refractivity contribution < 1.29 is 24.2 Å². The topological polar surface area (TPSA) is 105 Å². The molecule has 0 spiro atoms. The first-order valence-electron chi connectivity index (χ1n) is 6.29. The number of aliphatic carboxylic acids is 1. The number of amides is 1. The van der Waals surface area contributed by atoms with E-state index in [-0.39, 0.29) is 30.7 Å². The largest absolute Gasteiger partial charge is 0.480 e. The molecule has 2 unspecified atom stereocenters. The van der Waals surface area contributed by atoms with Gasteiger partial charge in [-0.2, -0.15) is 0 Å². The number of hydrogen-bond acceptors (Lipinski definition) is 5. The molecule has 1 fully saturated rings. The van der Waals surface area contributed by atoms with E-state index in [1.54, 1.807) is 0 Å². The van der Waals surface area contributed by atoms with Crippen LogP contribution in [0.15, 0.2) is 0 Å². The summed E-state index contributed by atoms with van der Waals surface area (Å²) in [5.41, 5.74) is 0. The van der Waals surface area contributed by atoms with Crippen molar-refractivity contribution in [2.24, 2.45) is 5.92 Å². The highest BCUT2D eigenvalue weighted by molar-refractivity contribution is 5.87. The average molecular weight is 272 g/mol. The molecule has 1 rings (SSSR count). The Balaban J connectivity index is 2.51. The zero-order chi connectivity index (χ0) is 14.4. The van der Waals surface area contributed by atoms with Gasteiger partial charge in [0.15, 0.2) is 0 Å². The smallest absolute Gasteiger partial charge is 0.326 e. The average Bonchev–Trinajstić information content (AvgIpc) is 2.79. The fourth-order valence-corrected chi connectivity index (χ4v) is 2.07.